The number of allylic oxidation sites excluding steroid dienone is 5. The first kappa shape index (κ1) is 23.8. The van der Waals surface area contributed by atoms with Gasteiger partial charge >= 0.3 is 0 Å². The maximum Gasteiger partial charge on any atom is 0.294 e. The molecule has 0 aliphatic carbocycles. The van der Waals surface area contributed by atoms with Crippen LogP contribution >= 0.6 is 0 Å². The Hall–Kier alpha value is -3.91. The Morgan fingerprint density at radius 1 is 0.806 bits per heavy atom. The van der Waals surface area contributed by atoms with Gasteiger partial charge in [-0.2, -0.15) is 4.57 Å². The van der Waals surface area contributed by atoms with Crippen LogP contribution in [-0.2, 0) is 5.54 Å². The van der Waals surface area contributed by atoms with Crippen LogP contribution in [0, 0.1) is 5.41 Å². The van der Waals surface area contributed by atoms with Gasteiger partial charge in [0.05, 0.1) is 5.57 Å². The summed E-state index contributed by atoms with van der Waals surface area (Å²) in [6.07, 6.45) is 11.0. The molecule has 0 N–H and O–H groups in total. The molecule has 1 aliphatic heterocycles. The smallest absolute Gasteiger partial charge is 0.220 e. The summed E-state index contributed by atoms with van der Waals surface area (Å²) in [6.45, 7) is 15.6. The summed E-state index contributed by atoms with van der Waals surface area (Å²) in [5.74, 6) is 1.17. The Morgan fingerprint density at radius 2 is 1.36 bits per heavy atom. The first-order valence-electron chi connectivity index (χ1n) is 12.7. The lowest BCUT2D eigenvalue weighted by Gasteiger charge is -2.44. The topological polar surface area (TPSA) is 8.81 Å². The van der Waals surface area contributed by atoms with Crippen molar-refractivity contribution < 1.29 is 4.57 Å². The Labute approximate surface area is 215 Å². The van der Waals surface area contributed by atoms with E-state index >= 15 is 0 Å². The second-order valence-corrected chi connectivity index (χ2v) is 10.3. The van der Waals surface area contributed by atoms with E-state index in [2.05, 4.69) is 160 Å². The van der Waals surface area contributed by atoms with Crippen LogP contribution in [0.4, 0.5) is 0 Å². The van der Waals surface area contributed by atoms with Gasteiger partial charge in [0, 0.05) is 16.5 Å². The average molecular weight is 472 g/mol. The van der Waals surface area contributed by atoms with E-state index in [0.717, 1.165) is 0 Å². The minimum absolute atomic E-state index is 0.103. The van der Waals surface area contributed by atoms with Crippen LogP contribution in [0.3, 0.4) is 0 Å². The number of hydrogen-bond acceptors (Lipinski definition) is 0. The molecule has 0 amide bonds. The van der Waals surface area contributed by atoms with E-state index < -0.39 is 0 Å². The summed E-state index contributed by atoms with van der Waals surface area (Å²) in [5.41, 5.74) is 8.24. The number of para-hydroxylation sites is 1. The molecule has 0 bridgehead atoms. The van der Waals surface area contributed by atoms with Crippen molar-refractivity contribution in [3.05, 3.63) is 127 Å². The average Bonchev–Trinajstić information content (AvgIpc) is 3.36. The van der Waals surface area contributed by atoms with Gasteiger partial charge in [-0.1, -0.05) is 111 Å². The van der Waals surface area contributed by atoms with Gasteiger partial charge in [0.15, 0.2) is 0 Å². The van der Waals surface area contributed by atoms with E-state index in [-0.39, 0.29) is 11.0 Å². The zero-order chi connectivity index (χ0) is 25.5. The molecule has 36 heavy (non-hydrogen) atoms. The maximum absolute atomic E-state index is 4.30. The molecule has 180 valence electrons. The number of aromatic nitrogens is 2. The highest BCUT2D eigenvalue weighted by atomic mass is 15.2. The van der Waals surface area contributed by atoms with E-state index in [1.807, 2.05) is 0 Å². The van der Waals surface area contributed by atoms with Crippen molar-refractivity contribution in [1.29, 1.82) is 0 Å². The molecule has 0 saturated carbocycles. The largest absolute Gasteiger partial charge is 0.294 e. The van der Waals surface area contributed by atoms with Crippen LogP contribution in [0.1, 0.15) is 40.4 Å². The number of benzene rings is 3. The zero-order valence-electron chi connectivity index (χ0n) is 22.0. The highest BCUT2D eigenvalue weighted by Gasteiger charge is 2.52. The third-order valence-corrected chi connectivity index (χ3v) is 8.35. The van der Waals surface area contributed by atoms with Crippen LogP contribution < -0.4 is 4.57 Å². The predicted molar refractivity (Wildman–Crippen MR) is 152 cm³/mol. The molecule has 2 heteroatoms. The SMILES string of the molecule is C=CC1(C)[n+]2ccn(-c3c(-c4ccccc4)cccc3-c3ccccc3)c2C(/C=C\C)=C(C)C1(C)C. The van der Waals surface area contributed by atoms with Gasteiger partial charge in [-0.3, -0.25) is 0 Å². The lowest BCUT2D eigenvalue weighted by molar-refractivity contribution is -0.765. The van der Waals surface area contributed by atoms with Gasteiger partial charge in [-0.25, -0.2) is 4.57 Å². The summed E-state index contributed by atoms with van der Waals surface area (Å²) < 4.78 is 4.80. The Morgan fingerprint density at radius 3 is 1.86 bits per heavy atom. The summed E-state index contributed by atoms with van der Waals surface area (Å²) in [6, 6.07) is 28.0. The van der Waals surface area contributed by atoms with Crippen LogP contribution in [0.5, 0.6) is 0 Å². The molecule has 2 nitrogen and oxygen atoms in total. The predicted octanol–water partition coefficient (Wildman–Crippen LogP) is 8.39. The van der Waals surface area contributed by atoms with Gasteiger partial charge in [0.25, 0.3) is 5.82 Å². The van der Waals surface area contributed by atoms with E-state index in [4.69, 9.17) is 0 Å². The molecule has 0 radical (unpaired) electrons. The lowest BCUT2D eigenvalue weighted by atomic mass is 9.65. The van der Waals surface area contributed by atoms with Crippen LogP contribution in [-0.4, -0.2) is 4.57 Å². The fraction of sp³-hybridized carbons (Fsp3) is 0.206. The molecule has 1 aliphatic rings. The summed E-state index contributed by atoms with van der Waals surface area (Å²) in [5, 5.41) is 0. The van der Waals surface area contributed by atoms with E-state index in [0.29, 0.717) is 0 Å². The van der Waals surface area contributed by atoms with Gasteiger partial charge in [0.2, 0.25) is 0 Å². The first-order chi connectivity index (χ1) is 17.3. The third kappa shape index (κ3) is 3.44. The number of rotatable bonds is 5. The third-order valence-electron chi connectivity index (χ3n) is 8.35. The molecular formula is C34H35N2+. The minimum atomic E-state index is -0.280. The van der Waals surface area contributed by atoms with Gasteiger partial charge < -0.3 is 0 Å². The molecule has 3 aromatic carbocycles. The summed E-state index contributed by atoms with van der Waals surface area (Å²) in [7, 11) is 0. The van der Waals surface area contributed by atoms with E-state index in [1.54, 1.807) is 0 Å². The Balaban J connectivity index is 1.92. The summed E-state index contributed by atoms with van der Waals surface area (Å²) in [4.78, 5) is 0. The van der Waals surface area contributed by atoms with Crippen LogP contribution in [0.15, 0.2) is 122 Å². The standard InChI is InChI=1S/C34H35N2/c1-7-16-28-25(3)33(4,5)34(6,8-2)36-24-23-35(32(28)36)31-29(26-17-11-9-12-18-26)21-15-22-30(31)27-19-13-10-14-20-27/h7-24H,2H2,1,3-6H3/q+1/b16-7-. The highest BCUT2D eigenvalue weighted by molar-refractivity contribution is 5.87. The normalized spacial score (nSPS) is 18.9. The Kier molecular flexibility index (Phi) is 5.92. The molecule has 1 atom stereocenters. The first-order valence-corrected chi connectivity index (χ1v) is 12.7. The number of fused-ring (bicyclic) bond motifs is 1. The quantitative estimate of drug-likeness (QED) is 0.204. The molecule has 1 aromatic heterocycles. The van der Waals surface area contributed by atoms with E-state index in [1.165, 1.54) is 44.9 Å². The second-order valence-electron chi connectivity index (χ2n) is 10.3. The molecule has 0 saturated heterocycles. The monoisotopic (exact) mass is 471 g/mol. The van der Waals surface area contributed by atoms with Crippen LogP contribution in [0.2, 0.25) is 0 Å². The fourth-order valence-electron chi connectivity index (χ4n) is 5.61. The molecule has 1 unspecified atom stereocenters. The molecule has 4 aromatic rings. The molecule has 0 spiro atoms. The molecule has 0 fully saturated rings. The zero-order valence-corrected chi connectivity index (χ0v) is 22.0. The number of nitrogens with zero attached hydrogens (tertiary/aromatic N) is 2. The van der Waals surface area contributed by atoms with Crippen molar-refractivity contribution in [2.45, 2.75) is 40.2 Å². The van der Waals surface area contributed by atoms with Crippen molar-refractivity contribution in [1.82, 2.24) is 4.57 Å². The minimum Gasteiger partial charge on any atom is -0.220 e. The molecular weight excluding hydrogens is 436 g/mol. The van der Waals surface area contributed by atoms with Crippen LogP contribution in [0.25, 0.3) is 33.5 Å². The van der Waals surface area contributed by atoms with Crippen molar-refractivity contribution in [3.8, 4) is 27.9 Å². The Bertz CT molecular complexity index is 1430. The number of imidazole rings is 1. The number of hydrogen-bond donors (Lipinski definition) is 0. The maximum atomic E-state index is 4.30. The lowest BCUT2D eigenvalue weighted by Crippen LogP contribution is -2.64. The van der Waals surface area contributed by atoms with Crippen molar-refractivity contribution in [2.75, 3.05) is 0 Å². The molecule has 2 heterocycles. The van der Waals surface area contributed by atoms with E-state index in [9.17, 15) is 0 Å². The highest BCUT2D eigenvalue weighted by Crippen LogP contribution is 2.48. The van der Waals surface area contributed by atoms with Crippen molar-refractivity contribution >= 4 is 5.57 Å². The van der Waals surface area contributed by atoms with Crippen molar-refractivity contribution in [2.24, 2.45) is 5.41 Å². The fourth-order valence-corrected chi connectivity index (χ4v) is 5.61. The second kappa shape index (κ2) is 8.95. The summed E-state index contributed by atoms with van der Waals surface area (Å²) >= 11 is 0. The molecule has 5 rings (SSSR count). The van der Waals surface area contributed by atoms with Gasteiger partial charge in [-0.15, -0.1) is 0 Å². The van der Waals surface area contributed by atoms with Crippen molar-refractivity contribution in [3.63, 3.8) is 0 Å². The van der Waals surface area contributed by atoms with Gasteiger partial charge in [-0.05, 0) is 43.5 Å². The van der Waals surface area contributed by atoms with Gasteiger partial charge in [0.1, 0.15) is 23.6 Å².